The Balaban J connectivity index is 2.83. The first-order valence-electron chi connectivity index (χ1n) is 6.50. The first-order chi connectivity index (χ1) is 12.1. The molecule has 0 saturated heterocycles. The molecular formula is C13H5Cl4F4N3O2S. The largest absolute Gasteiger partial charge is 0.416 e. The summed E-state index contributed by atoms with van der Waals surface area (Å²) in [7, 11) is -5.10. The lowest BCUT2D eigenvalue weighted by molar-refractivity contribution is -0.137. The number of hydrogen-bond acceptors (Lipinski definition) is 4. The predicted octanol–water partition coefficient (Wildman–Crippen LogP) is 5.21. The lowest BCUT2D eigenvalue weighted by Crippen LogP contribution is -2.22. The molecule has 27 heavy (non-hydrogen) atoms. The maximum Gasteiger partial charge on any atom is 0.416 e. The number of benzene rings is 1. The van der Waals surface area contributed by atoms with Gasteiger partial charge in [0.1, 0.15) is 16.7 Å². The van der Waals surface area contributed by atoms with Gasteiger partial charge in [0.15, 0.2) is 5.69 Å². The summed E-state index contributed by atoms with van der Waals surface area (Å²) in [6.45, 7) is 1.09. The lowest BCUT2D eigenvalue weighted by Gasteiger charge is -2.14. The van der Waals surface area contributed by atoms with E-state index in [1.807, 2.05) is 0 Å². The number of halogens is 8. The molecule has 0 spiro atoms. The Morgan fingerprint density at radius 3 is 2.00 bits per heavy atom. The average Bonchev–Trinajstić information content (AvgIpc) is 2.81. The summed E-state index contributed by atoms with van der Waals surface area (Å²) in [4.78, 5) is -0.954. The predicted molar refractivity (Wildman–Crippen MR) is 90.8 cm³/mol. The van der Waals surface area contributed by atoms with Crippen LogP contribution in [0.2, 0.25) is 10.0 Å². The molecule has 0 aliphatic heterocycles. The molecule has 0 aliphatic carbocycles. The first kappa shape index (κ1) is 22.0. The van der Waals surface area contributed by atoms with Gasteiger partial charge < -0.3 is 0 Å². The zero-order valence-corrected chi connectivity index (χ0v) is 16.6. The van der Waals surface area contributed by atoms with Crippen molar-refractivity contribution in [2.75, 3.05) is 0 Å². The molecule has 1 aromatic carbocycles. The van der Waals surface area contributed by atoms with E-state index in [4.69, 9.17) is 51.7 Å². The van der Waals surface area contributed by atoms with Crippen LogP contribution >= 0.6 is 46.4 Å². The molecule has 0 fully saturated rings. The zero-order chi connectivity index (χ0) is 20.9. The van der Waals surface area contributed by atoms with Crippen LogP contribution in [0, 0.1) is 18.3 Å². The molecule has 0 bridgehead atoms. The molecule has 2 aromatic rings. The Morgan fingerprint density at radius 1 is 1.15 bits per heavy atom. The summed E-state index contributed by atoms with van der Waals surface area (Å²) >= 11 is 21.8. The Morgan fingerprint density at radius 2 is 1.63 bits per heavy atom. The minimum Gasteiger partial charge on any atom is -0.232 e. The Kier molecular flexibility index (Phi) is 5.69. The van der Waals surface area contributed by atoms with Crippen LogP contribution in [0.15, 0.2) is 17.0 Å². The highest BCUT2D eigenvalue weighted by molar-refractivity contribution is 7.95. The maximum absolute atomic E-state index is 13.7. The van der Waals surface area contributed by atoms with Gasteiger partial charge in [-0.25, -0.2) is 13.1 Å². The highest BCUT2D eigenvalue weighted by atomic mass is 35.5. The van der Waals surface area contributed by atoms with Crippen LogP contribution in [0.3, 0.4) is 0 Å². The summed E-state index contributed by atoms with van der Waals surface area (Å²) in [5.41, 5.74) is -2.71. The third-order valence-electron chi connectivity index (χ3n) is 3.30. The van der Waals surface area contributed by atoms with E-state index in [1.165, 1.54) is 6.07 Å². The molecule has 1 heterocycles. The minimum atomic E-state index is -5.10. The minimum absolute atomic E-state index is 0.351. The van der Waals surface area contributed by atoms with Crippen LogP contribution in [0.5, 0.6) is 0 Å². The molecule has 1 aromatic heterocycles. The van der Waals surface area contributed by atoms with Gasteiger partial charge in [-0.2, -0.15) is 27.9 Å². The van der Waals surface area contributed by atoms with Gasteiger partial charge in [-0.05, 0) is 42.3 Å². The first-order valence-corrected chi connectivity index (χ1v) is 9.50. The van der Waals surface area contributed by atoms with Gasteiger partial charge in [0, 0.05) is 0 Å². The molecule has 0 atom stereocenters. The molecule has 146 valence electrons. The second kappa shape index (κ2) is 6.97. The SMILES string of the molecule is Cc1c(S(=O)(=O)C(F)(Cl)Cl)c(C#N)nn1-c1c(Cl)cc(C(F)(F)F)cc1Cl. The van der Waals surface area contributed by atoms with Crippen molar-refractivity contribution in [2.24, 2.45) is 0 Å². The molecule has 5 nitrogen and oxygen atoms in total. The number of rotatable bonds is 3. The van der Waals surface area contributed by atoms with E-state index in [0.717, 1.165) is 6.92 Å². The molecule has 2 rings (SSSR count). The fraction of sp³-hybridized carbons (Fsp3) is 0.231. The van der Waals surface area contributed by atoms with Crippen molar-refractivity contribution in [3.8, 4) is 11.8 Å². The van der Waals surface area contributed by atoms with Gasteiger partial charge in [0.05, 0.1) is 21.3 Å². The highest BCUT2D eigenvalue weighted by Crippen LogP contribution is 2.41. The van der Waals surface area contributed by atoms with Crippen molar-refractivity contribution in [2.45, 2.75) is 21.9 Å². The van der Waals surface area contributed by atoms with E-state index in [-0.39, 0.29) is 5.69 Å². The average molecular weight is 485 g/mol. The summed E-state index contributed by atoms with van der Waals surface area (Å²) < 4.78 is 73.5. The van der Waals surface area contributed by atoms with Crippen molar-refractivity contribution in [1.29, 1.82) is 5.26 Å². The van der Waals surface area contributed by atoms with Crippen LogP contribution in [0.25, 0.3) is 5.69 Å². The molecule has 0 radical (unpaired) electrons. The molecule has 14 heteroatoms. The molecule has 0 amide bonds. The number of aromatic nitrogens is 2. The van der Waals surface area contributed by atoms with Crippen LogP contribution in [0.1, 0.15) is 17.0 Å². The topological polar surface area (TPSA) is 75.8 Å². The second-order valence-corrected chi connectivity index (χ2v) is 9.50. The summed E-state index contributed by atoms with van der Waals surface area (Å²) in [5.74, 6) is 0. The number of nitrogens with zero attached hydrogens (tertiary/aromatic N) is 3. The lowest BCUT2D eigenvalue weighted by atomic mass is 10.2. The summed E-state index contributed by atoms with van der Waals surface area (Å²) in [6.07, 6.45) is -4.75. The van der Waals surface area contributed by atoms with Gasteiger partial charge in [0.25, 0.3) is 0 Å². The fourth-order valence-corrected chi connectivity index (χ4v) is 4.31. The van der Waals surface area contributed by atoms with Crippen molar-refractivity contribution in [1.82, 2.24) is 9.78 Å². The van der Waals surface area contributed by atoms with Crippen LogP contribution in [-0.2, 0) is 16.0 Å². The molecule has 0 unspecified atom stereocenters. The fourth-order valence-electron chi connectivity index (χ4n) is 2.15. The van der Waals surface area contributed by atoms with Gasteiger partial charge in [-0.1, -0.05) is 23.2 Å². The molecule has 0 N–H and O–H groups in total. The van der Waals surface area contributed by atoms with Crippen molar-refractivity contribution in [3.63, 3.8) is 0 Å². The molecule has 0 saturated carbocycles. The zero-order valence-electron chi connectivity index (χ0n) is 12.7. The van der Waals surface area contributed by atoms with Crippen molar-refractivity contribution < 1.29 is 26.0 Å². The van der Waals surface area contributed by atoms with Gasteiger partial charge in [-0.3, -0.25) is 0 Å². The van der Waals surface area contributed by atoms with Gasteiger partial charge >= 0.3 is 10.1 Å². The summed E-state index contributed by atoms with van der Waals surface area (Å²) in [6, 6.07) is 2.49. The van der Waals surface area contributed by atoms with Crippen molar-refractivity contribution in [3.05, 3.63) is 39.1 Å². The Labute approximate surface area is 169 Å². The molecular weight excluding hydrogens is 480 g/mol. The van der Waals surface area contributed by atoms with Crippen LogP contribution < -0.4 is 0 Å². The van der Waals surface area contributed by atoms with E-state index in [1.54, 1.807) is 0 Å². The van der Waals surface area contributed by atoms with E-state index < -0.39 is 51.8 Å². The number of nitriles is 1. The van der Waals surface area contributed by atoms with E-state index in [2.05, 4.69) is 5.10 Å². The number of sulfone groups is 1. The van der Waals surface area contributed by atoms with Crippen LogP contribution in [0.4, 0.5) is 17.6 Å². The monoisotopic (exact) mass is 483 g/mol. The molecule has 0 aliphatic rings. The number of alkyl halides is 6. The number of hydrogen-bond donors (Lipinski definition) is 0. The smallest absolute Gasteiger partial charge is 0.232 e. The van der Waals surface area contributed by atoms with Crippen LogP contribution in [-0.4, -0.2) is 22.1 Å². The second-order valence-electron chi connectivity index (χ2n) is 5.02. The van der Waals surface area contributed by atoms with E-state index >= 15 is 0 Å². The quantitative estimate of drug-likeness (QED) is 0.442. The third kappa shape index (κ3) is 3.84. The third-order valence-corrected chi connectivity index (χ3v) is 6.73. The van der Waals surface area contributed by atoms with E-state index in [9.17, 15) is 26.0 Å². The standard InChI is InChI=1S/C13H5Cl4F4N3O2S/c1-5-11(27(25,26)13(16,17)21)9(4-22)23-24(5)10-7(14)2-6(3-8(10)15)12(18,19)20/h2-3H,1H3. The van der Waals surface area contributed by atoms with Gasteiger partial charge in [0.2, 0.25) is 9.84 Å². The summed E-state index contributed by atoms with van der Waals surface area (Å²) in [5, 5.41) is 11.7. The Bertz CT molecular complexity index is 1050. The Hall–Kier alpha value is -1.25. The van der Waals surface area contributed by atoms with Gasteiger partial charge in [-0.15, -0.1) is 0 Å². The van der Waals surface area contributed by atoms with E-state index in [0.29, 0.717) is 16.8 Å². The highest BCUT2D eigenvalue weighted by Gasteiger charge is 2.46. The van der Waals surface area contributed by atoms with Crippen molar-refractivity contribution >= 4 is 56.2 Å². The normalized spacial score (nSPS) is 12.9. The maximum atomic E-state index is 13.7.